The lowest BCUT2D eigenvalue weighted by atomic mass is 10.1. The Morgan fingerprint density at radius 3 is 2.39 bits per heavy atom. The van der Waals surface area contributed by atoms with Crippen LogP contribution < -0.4 is 14.8 Å². The monoisotopic (exact) mass is 406 g/mol. The van der Waals surface area contributed by atoms with E-state index in [1.807, 2.05) is 12.1 Å². The van der Waals surface area contributed by atoms with Crippen LogP contribution in [-0.4, -0.2) is 29.8 Å². The zero-order valence-electron chi connectivity index (χ0n) is 16.0. The second kappa shape index (κ2) is 9.19. The number of alkyl halides is 2. The Labute approximate surface area is 169 Å². The molecule has 150 valence electrons. The summed E-state index contributed by atoms with van der Waals surface area (Å²) < 4.78 is 34.7. The molecular formula is C21H24F2N2O2S. The SMILES string of the molecule is CCc1ccc(NC(=S)N(Cc2ccc(OC(F)F)c(OC)c2)C2CC2)cc1. The minimum Gasteiger partial charge on any atom is -0.493 e. The normalized spacial score (nSPS) is 13.3. The smallest absolute Gasteiger partial charge is 0.387 e. The molecule has 0 radical (unpaired) electrons. The number of nitrogens with zero attached hydrogens (tertiary/aromatic N) is 1. The van der Waals surface area contributed by atoms with Crippen LogP contribution in [0.4, 0.5) is 14.5 Å². The third-order valence-corrected chi connectivity index (χ3v) is 5.00. The van der Waals surface area contributed by atoms with E-state index >= 15 is 0 Å². The summed E-state index contributed by atoms with van der Waals surface area (Å²) in [6, 6.07) is 13.6. The van der Waals surface area contributed by atoms with E-state index in [2.05, 4.69) is 34.0 Å². The molecular weight excluding hydrogens is 382 g/mol. The maximum Gasteiger partial charge on any atom is 0.387 e. The van der Waals surface area contributed by atoms with Crippen LogP contribution in [0.5, 0.6) is 11.5 Å². The lowest BCUT2D eigenvalue weighted by Gasteiger charge is -2.26. The number of ether oxygens (including phenoxy) is 2. The van der Waals surface area contributed by atoms with Crippen molar-refractivity contribution in [2.75, 3.05) is 12.4 Å². The summed E-state index contributed by atoms with van der Waals surface area (Å²) in [6.07, 6.45) is 3.16. The van der Waals surface area contributed by atoms with Gasteiger partial charge in [0.15, 0.2) is 16.6 Å². The van der Waals surface area contributed by atoms with Crippen LogP contribution >= 0.6 is 12.2 Å². The van der Waals surface area contributed by atoms with Gasteiger partial charge in [0.25, 0.3) is 0 Å². The second-order valence-electron chi connectivity index (χ2n) is 6.70. The maximum absolute atomic E-state index is 12.5. The first kappa shape index (κ1) is 20.3. The van der Waals surface area contributed by atoms with Crippen LogP contribution in [-0.2, 0) is 13.0 Å². The van der Waals surface area contributed by atoms with Crippen LogP contribution in [0, 0.1) is 0 Å². The van der Waals surface area contributed by atoms with E-state index in [4.69, 9.17) is 17.0 Å². The fraction of sp³-hybridized carbons (Fsp3) is 0.381. The first-order valence-electron chi connectivity index (χ1n) is 9.28. The van der Waals surface area contributed by atoms with Crippen LogP contribution in [0.3, 0.4) is 0 Å². The highest BCUT2D eigenvalue weighted by Crippen LogP contribution is 2.33. The highest BCUT2D eigenvalue weighted by molar-refractivity contribution is 7.80. The van der Waals surface area contributed by atoms with Gasteiger partial charge in [-0.15, -0.1) is 0 Å². The average molecular weight is 406 g/mol. The predicted molar refractivity (Wildman–Crippen MR) is 110 cm³/mol. The molecule has 4 nitrogen and oxygen atoms in total. The van der Waals surface area contributed by atoms with E-state index in [9.17, 15) is 8.78 Å². The molecule has 0 spiro atoms. The van der Waals surface area contributed by atoms with Crippen molar-refractivity contribution >= 4 is 23.0 Å². The molecule has 28 heavy (non-hydrogen) atoms. The number of hydrogen-bond acceptors (Lipinski definition) is 3. The second-order valence-corrected chi connectivity index (χ2v) is 7.09. The highest BCUT2D eigenvalue weighted by Gasteiger charge is 2.31. The van der Waals surface area contributed by atoms with Crippen molar-refractivity contribution < 1.29 is 18.3 Å². The third-order valence-electron chi connectivity index (χ3n) is 4.66. The zero-order valence-corrected chi connectivity index (χ0v) is 16.8. The number of hydrogen-bond donors (Lipinski definition) is 1. The number of nitrogens with one attached hydrogen (secondary N) is 1. The summed E-state index contributed by atoms with van der Waals surface area (Å²) in [5.74, 6) is 0.304. The zero-order chi connectivity index (χ0) is 20.1. The Bertz CT molecular complexity index is 811. The molecule has 2 aromatic rings. The molecule has 0 atom stereocenters. The van der Waals surface area contributed by atoms with Gasteiger partial charge in [-0.3, -0.25) is 0 Å². The van der Waals surface area contributed by atoms with Gasteiger partial charge in [-0.05, 0) is 66.9 Å². The van der Waals surface area contributed by atoms with Gasteiger partial charge in [-0.25, -0.2) is 0 Å². The molecule has 0 unspecified atom stereocenters. The molecule has 0 heterocycles. The summed E-state index contributed by atoms with van der Waals surface area (Å²) in [5, 5.41) is 3.95. The Morgan fingerprint density at radius 1 is 1.14 bits per heavy atom. The number of thiocarbonyl (C=S) groups is 1. The molecule has 1 fully saturated rings. The van der Waals surface area contributed by atoms with Gasteiger partial charge in [-0.1, -0.05) is 25.1 Å². The summed E-state index contributed by atoms with van der Waals surface area (Å²) in [7, 11) is 1.43. The summed E-state index contributed by atoms with van der Waals surface area (Å²) in [5.41, 5.74) is 3.13. The molecule has 0 amide bonds. The number of halogens is 2. The van der Waals surface area contributed by atoms with E-state index in [-0.39, 0.29) is 11.5 Å². The highest BCUT2D eigenvalue weighted by atomic mass is 32.1. The van der Waals surface area contributed by atoms with Gasteiger partial charge < -0.3 is 19.7 Å². The van der Waals surface area contributed by atoms with Gasteiger partial charge in [0.1, 0.15) is 0 Å². The van der Waals surface area contributed by atoms with E-state index in [0.717, 1.165) is 30.5 Å². The van der Waals surface area contributed by atoms with Crippen molar-refractivity contribution in [1.82, 2.24) is 4.90 Å². The number of anilines is 1. The summed E-state index contributed by atoms with van der Waals surface area (Å²) in [4.78, 5) is 2.13. The summed E-state index contributed by atoms with van der Waals surface area (Å²) >= 11 is 5.64. The van der Waals surface area contributed by atoms with Crippen LogP contribution in [0.25, 0.3) is 0 Å². The molecule has 0 bridgehead atoms. The number of aryl methyl sites for hydroxylation is 1. The van der Waals surface area contributed by atoms with Gasteiger partial charge in [-0.2, -0.15) is 8.78 Å². The number of methoxy groups -OCH3 is 1. The fourth-order valence-electron chi connectivity index (χ4n) is 2.97. The minimum absolute atomic E-state index is 0.0240. The van der Waals surface area contributed by atoms with Crippen LogP contribution in [0.2, 0.25) is 0 Å². The average Bonchev–Trinajstić information content (AvgIpc) is 3.52. The molecule has 7 heteroatoms. The van der Waals surface area contributed by atoms with Gasteiger partial charge >= 0.3 is 6.61 Å². The Balaban J connectivity index is 1.71. The Kier molecular flexibility index (Phi) is 6.67. The van der Waals surface area contributed by atoms with Gasteiger partial charge in [0.2, 0.25) is 0 Å². The molecule has 0 aromatic heterocycles. The van der Waals surface area contributed by atoms with Crippen LogP contribution in [0.1, 0.15) is 30.9 Å². The van der Waals surface area contributed by atoms with E-state index in [1.54, 1.807) is 12.1 Å². The topological polar surface area (TPSA) is 33.7 Å². The molecule has 1 aliphatic rings. The largest absolute Gasteiger partial charge is 0.493 e. The lowest BCUT2D eigenvalue weighted by molar-refractivity contribution is -0.0512. The molecule has 1 aliphatic carbocycles. The van der Waals surface area contributed by atoms with Gasteiger partial charge in [0, 0.05) is 18.3 Å². The fourth-order valence-corrected chi connectivity index (χ4v) is 3.30. The van der Waals surface area contributed by atoms with E-state index in [1.165, 1.54) is 18.7 Å². The molecule has 1 saturated carbocycles. The third kappa shape index (κ3) is 5.32. The Hall–Kier alpha value is -2.41. The van der Waals surface area contributed by atoms with Gasteiger partial charge in [0.05, 0.1) is 7.11 Å². The quantitative estimate of drug-likeness (QED) is 0.608. The lowest BCUT2D eigenvalue weighted by Crippen LogP contribution is -2.36. The number of rotatable bonds is 8. The van der Waals surface area contributed by atoms with Crippen molar-refractivity contribution in [3.05, 3.63) is 53.6 Å². The van der Waals surface area contributed by atoms with Crippen molar-refractivity contribution in [2.45, 2.75) is 45.4 Å². The van der Waals surface area contributed by atoms with Crippen molar-refractivity contribution in [2.24, 2.45) is 0 Å². The first-order valence-corrected chi connectivity index (χ1v) is 9.69. The molecule has 0 saturated heterocycles. The minimum atomic E-state index is -2.89. The van der Waals surface area contributed by atoms with Crippen LogP contribution in [0.15, 0.2) is 42.5 Å². The van der Waals surface area contributed by atoms with E-state index < -0.39 is 6.61 Å². The molecule has 3 rings (SSSR count). The summed E-state index contributed by atoms with van der Waals surface area (Å²) in [6.45, 7) is -0.207. The predicted octanol–water partition coefficient (Wildman–Crippen LogP) is 5.22. The number of benzene rings is 2. The molecule has 0 aliphatic heterocycles. The standard InChI is InChI=1S/C21H24F2N2O2S/c1-3-14-4-7-16(8-5-14)24-21(28)25(17-9-10-17)13-15-6-11-18(27-20(22)23)19(12-15)26-2/h4-8,11-12,17,20H,3,9-10,13H2,1-2H3,(H,24,28). The van der Waals surface area contributed by atoms with Crippen molar-refractivity contribution in [1.29, 1.82) is 0 Å². The van der Waals surface area contributed by atoms with Crippen molar-refractivity contribution in [3.63, 3.8) is 0 Å². The maximum atomic E-state index is 12.5. The van der Waals surface area contributed by atoms with E-state index in [0.29, 0.717) is 17.7 Å². The molecule has 1 N–H and O–H groups in total. The first-order chi connectivity index (χ1) is 13.5. The van der Waals surface area contributed by atoms with Crippen molar-refractivity contribution in [3.8, 4) is 11.5 Å². The molecule has 2 aromatic carbocycles. The Morgan fingerprint density at radius 2 is 1.82 bits per heavy atom.